The van der Waals surface area contributed by atoms with Gasteiger partial charge < -0.3 is 10.2 Å². The summed E-state index contributed by atoms with van der Waals surface area (Å²) in [5.74, 6) is 0.984. The van der Waals surface area contributed by atoms with Gasteiger partial charge in [0, 0.05) is 0 Å². The molecule has 0 aliphatic carbocycles. The Bertz CT molecular complexity index is 188. The number of unbranched alkanes of at least 4 members (excludes halogenated alkanes) is 6. The molecule has 1 N–H and O–H groups in total. The lowest BCUT2D eigenvalue weighted by Crippen LogP contribution is -2.30. The zero-order valence-electron chi connectivity index (χ0n) is 13.4. The van der Waals surface area contributed by atoms with E-state index in [2.05, 4.69) is 24.2 Å². The van der Waals surface area contributed by atoms with Crippen LogP contribution in [0.1, 0.15) is 71.1 Å². The monoisotopic (exact) mass is 268 g/mol. The summed E-state index contributed by atoms with van der Waals surface area (Å²) in [6.45, 7) is 7.38. The van der Waals surface area contributed by atoms with E-state index in [1.165, 1.54) is 90.4 Å². The van der Waals surface area contributed by atoms with Gasteiger partial charge in [-0.25, -0.2) is 0 Å². The van der Waals surface area contributed by atoms with Crippen molar-refractivity contribution in [3.63, 3.8) is 0 Å². The van der Waals surface area contributed by atoms with E-state index in [9.17, 15) is 0 Å². The van der Waals surface area contributed by atoms with Gasteiger partial charge in [0.2, 0.25) is 0 Å². The largest absolute Gasteiger partial charge is 0.317 e. The summed E-state index contributed by atoms with van der Waals surface area (Å²) in [5, 5.41) is 3.45. The zero-order valence-corrected chi connectivity index (χ0v) is 13.4. The summed E-state index contributed by atoms with van der Waals surface area (Å²) >= 11 is 0. The first-order valence-electron chi connectivity index (χ1n) is 8.72. The molecule has 0 aromatic carbocycles. The molecule has 1 saturated heterocycles. The minimum Gasteiger partial charge on any atom is -0.317 e. The highest BCUT2D eigenvalue weighted by molar-refractivity contribution is 4.69. The standard InChI is InChI=1S/C17H36N2/c1-3-4-5-6-7-8-9-15-19(2)16-12-17-10-13-18-14-11-17/h17-18H,3-16H2,1-2H3. The van der Waals surface area contributed by atoms with Crippen molar-refractivity contribution in [3.8, 4) is 0 Å². The molecule has 114 valence electrons. The Kier molecular flexibility index (Phi) is 10.5. The lowest BCUT2D eigenvalue weighted by Gasteiger charge is -2.25. The Morgan fingerprint density at radius 3 is 2.21 bits per heavy atom. The maximum atomic E-state index is 3.45. The first-order valence-corrected chi connectivity index (χ1v) is 8.72. The third-order valence-electron chi connectivity index (χ3n) is 4.52. The number of nitrogens with one attached hydrogen (secondary N) is 1. The SMILES string of the molecule is CCCCCCCCCN(C)CCC1CCNCC1. The molecule has 0 unspecified atom stereocenters. The van der Waals surface area contributed by atoms with E-state index in [1.807, 2.05) is 0 Å². The van der Waals surface area contributed by atoms with E-state index in [0.29, 0.717) is 0 Å². The molecule has 0 radical (unpaired) electrons. The van der Waals surface area contributed by atoms with Crippen molar-refractivity contribution < 1.29 is 0 Å². The predicted molar refractivity (Wildman–Crippen MR) is 85.7 cm³/mol. The van der Waals surface area contributed by atoms with E-state index in [1.54, 1.807) is 0 Å². The molecule has 1 fully saturated rings. The number of hydrogen-bond acceptors (Lipinski definition) is 2. The summed E-state index contributed by atoms with van der Waals surface area (Å²) in [7, 11) is 2.30. The van der Waals surface area contributed by atoms with Gasteiger partial charge >= 0.3 is 0 Å². The van der Waals surface area contributed by atoms with E-state index in [4.69, 9.17) is 0 Å². The van der Waals surface area contributed by atoms with Gasteiger partial charge in [-0.3, -0.25) is 0 Å². The van der Waals surface area contributed by atoms with Gasteiger partial charge in [0.15, 0.2) is 0 Å². The van der Waals surface area contributed by atoms with Crippen molar-refractivity contribution >= 4 is 0 Å². The van der Waals surface area contributed by atoms with Crippen molar-refractivity contribution in [2.24, 2.45) is 5.92 Å². The Hall–Kier alpha value is -0.0800. The van der Waals surface area contributed by atoms with Crippen molar-refractivity contribution in [1.82, 2.24) is 10.2 Å². The highest BCUT2D eigenvalue weighted by Crippen LogP contribution is 2.16. The lowest BCUT2D eigenvalue weighted by atomic mass is 9.94. The van der Waals surface area contributed by atoms with Gasteiger partial charge in [-0.15, -0.1) is 0 Å². The minimum atomic E-state index is 0.984. The van der Waals surface area contributed by atoms with Gasteiger partial charge in [-0.2, -0.15) is 0 Å². The van der Waals surface area contributed by atoms with Crippen LogP contribution in [0, 0.1) is 5.92 Å². The second-order valence-electron chi connectivity index (χ2n) is 6.41. The van der Waals surface area contributed by atoms with E-state index < -0.39 is 0 Å². The average Bonchev–Trinajstić information content (AvgIpc) is 2.45. The van der Waals surface area contributed by atoms with Crippen LogP contribution in [0.4, 0.5) is 0 Å². The first-order chi connectivity index (χ1) is 9.33. The molecule has 2 heteroatoms. The maximum Gasteiger partial charge on any atom is -0.00191 e. The fourth-order valence-corrected chi connectivity index (χ4v) is 3.02. The fourth-order valence-electron chi connectivity index (χ4n) is 3.02. The summed E-state index contributed by atoms with van der Waals surface area (Å²) in [6.07, 6.45) is 14.2. The maximum absolute atomic E-state index is 3.45. The minimum absolute atomic E-state index is 0.984. The van der Waals surface area contributed by atoms with Gasteiger partial charge in [0.25, 0.3) is 0 Å². The third kappa shape index (κ3) is 9.45. The van der Waals surface area contributed by atoms with Crippen LogP contribution < -0.4 is 5.32 Å². The Morgan fingerprint density at radius 2 is 1.53 bits per heavy atom. The topological polar surface area (TPSA) is 15.3 Å². The molecule has 1 aliphatic rings. The van der Waals surface area contributed by atoms with Crippen molar-refractivity contribution in [1.29, 1.82) is 0 Å². The molecule has 19 heavy (non-hydrogen) atoms. The number of hydrogen-bond donors (Lipinski definition) is 1. The van der Waals surface area contributed by atoms with Crippen LogP contribution in [-0.4, -0.2) is 38.1 Å². The summed E-state index contributed by atoms with van der Waals surface area (Å²) in [6, 6.07) is 0. The van der Waals surface area contributed by atoms with Crippen LogP contribution >= 0.6 is 0 Å². The fraction of sp³-hybridized carbons (Fsp3) is 1.00. The smallest absolute Gasteiger partial charge is 0.00191 e. The molecule has 0 spiro atoms. The Morgan fingerprint density at radius 1 is 0.895 bits per heavy atom. The molecule has 0 aromatic heterocycles. The first kappa shape index (κ1) is 17.0. The number of rotatable bonds is 11. The van der Waals surface area contributed by atoms with Crippen LogP contribution in [0.15, 0.2) is 0 Å². The normalized spacial score (nSPS) is 17.2. The highest BCUT2D eigenvalue weighted by Gasteiger charge is 2.13. The average molecular weight is 268 g/mol. The molecule has 0 aromatic rings. The molecule has 1 aliphatic heterocycles. The summed E-state index contributed by atoms with van der Waals surface area (Å²) < 4.78 is 0. The van der Waals surface area contributed by atoms with Crippen LogP contribution in [0.3, 0.4) is 0 Å². The van der Waals surface area contributed by atoms with Gasteiger partial charge in [0.05, 0.1) is 0 Å². The van der Waals surface area contributed by atoms with Gasteiger partial charge in [-0.1, -0.05) is 45.4 Å². The second kappa shape index (κ2) is 11.7. The molecule has 0 amide bonds. The Labute approximate surface area is 121 Å². The van der Waals surface area contributed by atoms with E-state index in [-0.39, 0.29) is 0 Å². The van der Waals surface area contributed by atoms with Crippen LogP contribution in [0.2, 0.25) is 0 Å². The van der Waals surface area contributed by atoms with E-state index >= 15 is 0 Å². The molecular formula is C17H36N2. The molecule has 1 rings (SSSR count). The quantitative estimate of drug-likeness (QED) is 0.569. The summed E-state index contributed by atoms with van der Waals surface area (Å²) in [5.41, 5.74) is 0. The molecule has 2 nitrogen and oxygen atoms in total. The lowest BCUT2D eigenvalue weighted by molar-refractivity contribution is 0.267. The predicted octanol–water partition coefficient (Wildman–Crippen LogP) is 4.06. The van der Waals surface area contributed by atoms with Crippen LogP contribution in [0.25, 0.3) is 0 Å². The Balaban J connectivity index is 1.85. The highest BCUT2D eigenvalue weighted by atomic mass is 15.1. The van der Waals surface area contributed by atoms with Gasteiger partial charge in [0.1, 0.15) is 0 Å². The van der Waals surface area contributed by atoms with Crippen molar-refractivity contribution in [2.75, 3.05) is 33.2 Å². The third-order valence-corrected chi connectivity index (χ3v) is 4.52. The molecule has 0 saturated carbocycles. The van der Waals surface area contributed by atoms with Crippen molar-refractivity contribution in [2.45, 2.75) is 71.1 Å². The van der Waals surface area contributed by atoms with Crippen molar-refractivity contribution in [3.05, 3.63) is 0 Å². The molecular weight excluding hydrogens is 232 g/mol. The molecule has 0 bridgehead atoms. The van der Waals surface area contributed by atoms with Crippen LogP contribution in [-0.2, 0) is 0 Å². The van der Waals surface area contributed by atoms with Gasteiger partial charge in [-0.05, 0) is 64.8 Å². The molecule has 0 atom stereocenters. The summed E-state index contributed by atoms with van der Waals surface area (Å²) in [4.78, 5) is 2.55. The molecule has 1 heterocycles. The zero-order chi connectivity index (χ0) is 13.8. The van der Waals surface area contributed by atoms with Crippen LogP contribution in [0.5, 0.6) is 0 Å². The van der Waals surface area contributed by atoms with E-state index in [0.717, 1.165) is 5.92 Å². The number of nitrogens with zero attached hydrogens (tertiary/aromatic N) is 1. The number of piperidine rings is 1. The second-order valence-corrected chi connectivity index (χ2v) is 6.41.